The third-order valence-corrected chi connectivity index (χ3v) is 6.02. The van der Waals surface area contributed by atoms with Crippen molar-refractivity contribution in [3.8, 4) is 11.5 Å². The van der Waals surface area contributed by atoms with Crippen LogP contribution >= 0.6 is 0 Å². The predicted octanol–water partition coefficient (Wildman–Crippen LogP) is 2.89. The summed E-state index contributed by atoms with van der Waals surface area (Å²) in [6.07, 6.45) is 2.58. The van der Waals surface area contributed by atoms with Gasteiger partial charge in [0.1, 0.15) is 13.2 Å². The Morgan fingerprint density at radius 1 is 1.04 bits per heavy atom. The van der Waals surface area contributed by atoms with Crippen LogP contribution in [-0.2, 0) is 16.4 Å². The van der Waals surface area contributed by atoms with Gasteiger partial charge in [0.15, 0.2) is 11.5 Å². The maximum atomic E-state index is 12.9. The van der Waals surface area contributed by atoms with Gasteiger partial charge in [-0.3, -0.25) is 4.72 Å². The SMILES string of the molecule is O=C(O)c1cc2c(cc1NS(=O)(=O)C1=Cc3ccccc3CC1)OCCO2. The second kappa shape index (κ2) is 6.62. The summed E-state index contributed by atoms with van der Waals surface area (Å²) in [7, 11) is -3.91. The highest BCUT2D eigenvalue weighted by atomic mass is 32.2. The molecule has 27 heavy (non-hydrogen) atoms. The molecule has 0 saturated heterocycles. The maximum absolute atomic E-state index is 12.9. The number of anilines is 1. The fourth-order valence-electron chi connectivity index (χ4n) is 3.18. The number of aromatic carboxylic acids is 1. The predicted molar refractivity (Wildman–Crippen MR) is 99.7 cm³/mol. The number of aryl methyl sites for hydroxylation is 1. The Morgan fingerprint density at radius 2 is 1.74 bits per heavy atom. The summed E-state index contributed by atoms with van der Waals surface area (Å²) in [5.74, 6) is -0.660. The molecule has 1 heterocycles. The van der Waals surface area contributed by atoms with E-state index in [0.717, 1.165) is 11.1 Å². The van der Waals surface area contributed by atoms with Crippen LogP contribution < -0.4 is 14.2 Å². The number of sulfonamides is 1. The Bertz CT molecular complexity index is 1060. The minimum Gasteiger partial charge on any atom is -0.486 e. The van der Waals surface area contributed by atoms with Crippen LogP contribution in [0.2, 0.25) is 0 Å². The Balaban J connectivity index is 1.71. The molecule has 0 bridgehead atoms. The van der Waals surface area contributed by atoms with E-state index in [2.05, 4.69) is 4.72 Å². The van der Waals surface area contributed by atoms with Crippen molar-refractivity contribution in [1.82, 2.24) is 0 Å². The molecule has 140 valence electrons. The molecule has 4 rings (SSSR count). The van der Waals surface area contributed by atoms with Crippen molar-refractivity contribution in [3.63, 3.8) is 0 Å². The molecule has 0 radical (unpaired) electrons. The van der Waals surface area contributed by atoms with Crippen LogP contribution in [0.4, 0.5) is 5.69 Å². The minimum atomic E-state index is -3.91. The molecule has 1 aliphatic heterocycles. The van der Waals surface area contributed by atoms with Crippen molar-refractivity contribution in [3.05, 3.63) is 58.0 Å². The lowest BCUT2D eigenvalue weighted by Crippen LogP contribution is -2.21. The number of rotatable bonds is 4. The molecular weight excluding hydrogens is 370 g/mol. The van der Waals surface area contributed by atoms with E-state index in [1.165, 1.54) is 12.1 Å². The molecule has 0 unspecified atom stereocenters. The number of fused-ring (bicyclic) bond motifs is 2. The van der Waals surface area contributed by atoms with Gasteiger partial charge in [-0.2, -0.15) is 0 Å². The second-order valence-corrected chi connectivity index (χ2v) is 8.00. The van der Waals surface area contributed by atoms with Crippen molar-refractivity contribution in [2.24, 2.45) is 0 Å². The number of ether oxygens (including phenoxy) is 2. The fourth-order valence-corrected chi connectivity index (χ4v) is 4.42. The van der Waals surface area contributed by atoms with E-state index in [4.69, 9.17) is 9.47 Å². The zero-order valence-corrected chi connectivity index (χ0v) is 15.1. The number of carbonyl (C=O) groups is 1. The van der Waals surface area contributed by atoms with Gasteiger partial charge in [-0.1, -0.05) is 24.3 Å². The Morgan fingerprint density at radius 3 is 2.48 bits per heavy atom. The van der Waals surface area contributed by atoms with Crippen molar-refractivity contribution in [2.75, 3.05) is 17.9 Å². The van der Waals surface area contributed by atoms with Gasteiger partial charge in [0.2, 0.25) is 0 Å². The van der Waals surface area contributed by atoms with Crippen LogP contribution in [0.1, 0.15) is 27.9 Å². The van der Waals surface area contributed by atoms with Crippen LogP contribution in [0, 0.1) is 0 Å². The largest absolute Gasteiger partial charge is 0.486 e. The molecule has 2 aromatic rings. The minimum absolute atomic E-state index is 0.0495. The molecule has 0 aromatic heterocycles. The van der Waals surface area contributed by atoms with E-state index in [1.807, 2.05) is 24.3 Å². The third-order valence-electron chi connectivity index (χ3n) is 4.51. The standard InChI is InChI=1S/C19H17NO6S/c21-19(22)15-10-17-18(26-8-7-25-17)11-16(15)20-27(23,24)14-6-5-12-3-1-2-4-13(12)9-14/h1-4,9-11,20H,5-8H2,(H,21,22). The summed E-state index contributed by atoms with van der Waals surface area (Å²) in [6.45, 7) is 0.622. The lowest BCUT2D eigenvalue weighted by atomic mass is 9.98. The highest BCUT2D eigenvalue weighted by Gasteiger charge is 2.26. The summed E-state index contributed by atoms with van der Waals surface area (Å²) in [5.41, 5.74) is 1.69. The lowest BCUT2D eigenvalue weighted by molar-refractivity contribution is 0.0697. The molecule has 2 N–H and O–H groups in total. The third kappa shape index (κ3) is 3.35. The van der Waals surface area contributed by atoms with Gasteiger partial charge in [0.05, 0.1) is 16.2 Å². The molecule has 0 amide bonds. The van der Waals surface area contributed by atoms with Crippen molar-refractivity contribution >= 4 is 27.8 Å². The topological polar surface area (TPSA) is 102 Å². The Kier molecular flexibility index (Phi) is 4.27. The van der Waals surface area contributed by atoms with Crippen LogP contribution in [0.3, 0.4) is 0 Å². The first-order valence-electron chi connectivity index (χ1n) is 8.42. The van der Waals surface area contributed by atoms with E-state index in [1.54, 1.807) is 6.08 Å². The summed E-state index contributed by atoms with van der Waals surface area (Å²) in [6, 6.07) is 10.2. The van der Waals surface area contributed by atoms with Crippen LogP contribution in [-0.4, -0.2) is 32.7 Å². The van der Waals surface area contributed by atoms with Gasteiger partial charge in [-0.05, 0) is 30.0 Å². The van der Waals surface area contributed by atoms with E-state index >= 15 is 0 Å². The van der Waals surface area contributed by atoms with Gasteiger partial charge in [-0.25, -0.2) is 13.2 Å². The first-order valence-corrected chi connectivity index (χ1v) is 9.90. The number of hydrogen-bond acceptors (Lipinski definition) is 5. The molecule has 2 aliphatic rings. The van der Waals surface area contributed by atoms with Crippen molar-refractivity contribution in [1.29, 1.82) is 0 Å². The van der Waals surface area contributed by atoms with Gasteiger partial charge in [-0.15, -0.1) is 0 Å². The monoisotopic (exact) mass is 387 g/mol. The van der Waals surface area contributed by atoms with E-state index in [9.17, 15) is 18.3 Å². The van der Waals surface area contributed by atoms with Crippen molar-refractivity contribution in [2.45, 2.75) is 12.8 Å². The number of benzene rings is 2. The number of hydrogen-bond donors (Lipinski definition) is 2. The van der Waals surface area contributed by atoms with E-state index in [-0.39, 0.29) is 21.9 Å². The first kappa shape index (κ1) is 17.4. The summed E-state index contributed by atoms with van der Waals surface area (Å²) < 4.78 is 38.9. The molecular formula is C19H17NO6S. The van der Waals surface area contributed by atoms with Crippen LogP contribution in [0.5, 0.6) is 11.5 Å². The zero-order valence-electron chi connectivity index (χ0n) is 14.3. The summed E-state index contributed by atoms with van der Waals surface area (Å²) >= 11 is 0. The number of carboxylic acid groups (broad SMARTS) is 1. The molecule has 0 saturated carbocycles. The molecule has 8 heteroatoms. The molecule has 0 fully saturated rings. The highest BCUT2D eigenvalue weighted by Crippen LogP contribution is 2.37. The van der Waals surface area contributed by atoms with Gasteiger partial charge in [0, 0.05) is 12.1 Å². The van der Waals surface area contributed by atoms with Crippen LogP contribution in [0.25, 0.3) is 6.08 Å². The molecule has 1 aliphatic carbocycles. The fraction of sp³-hybridized carbons (Fsp3) is 0.211. The average Bonchev–Trinajstić information content (AvgIpc) is 2.66. The Labute approximate surface area is 156 Å². The lowest BCUT2D eigenvalue weighted by Gasteiger charge is -2.22. The second-order valence-electron chi connectivity index (χ2n) is 6.26. The molecule has 0 atom stereocenters. The molecule has 2 aromatic carbocycles. The quantitative estimate of drug-likeness (QED) is 0.836. The number of carboxylic acids is 1. The Hall–Kier alpha value is -3.00. The number of allylic oxidation sites excluding steroid dienone is 1. The van der Waals surface area contributed by atoms with E-state index in [0.29, 0.717) is 31.8 Å². The van der Waals surface area contributed by atoms with Gasteiger partial charge >= 0.3 is 5.97 Å². The van der Waals surface area contributed by atoms with Gasteiger partial charge in [0.25, 0.3) is 10.0 Å². The summed E-state index contributed by atoms with van der Waals surface area (Å²) in [4.78, 5) is 11.8. The van der Waals surface area contributed by atoms with E-state index < -0.39 is 16.0 Å². The highest BCUT2D eigenvalue weighted by molar-refractivity contribution is 7.96. The smallest absolute Gasteiger partial charge is 0.337 e. The normalized spacial score (nSPS) is 15.5. The van der Waals surface area contributed by atoms with Gasteiger partial charge < -0.3 is 14.6 Å². The molecule has 7 nitrogen and oxygen atoms in total. The number of nitrogens with one attached hydrogen (secondary N) is 1. The van der Waals surface area contributed by atoms with Crippen LogP contribution in [0.15, 0.2) is 41.3 Å². The zero-order chi connectivity index (χ0) is 19.0. The molecule has 0 spiro atoms. The first-order chi connectivity index (χ1) is 12.9. The average molecular weight is 387 g/mol. The summed E-state index contributed by atoms with van der Waals surface area (Å²) in [5, 5.41) is 9.46. The maximum Gasteiger partial charge on any atom is 0.337 e. The van der Waals surface area contributed by atoms with Crippen molar-refractivity contribution < 1.29 is 27.8 Å².